The predicted octanol–water partition coefficient (Wildman–Crippen LogP) is 2.46. The molecule has 1 amide bonds. The summed E-state index contributed by atoms with van der Waals surface area (Å²) in [6.45, 7) is 2.69. The molecule has 1 aromatic carbocycles. The standard InChI is InChI=1S/C14H17BrN4O/c1-3-11-13(15)12(19(2)18-11)8-17-10-6-4-5-9(7-10)14(16)20/h4-7,17H,3,8H2,1-2H3,(H2,16,20). The van der Waals surface area contributed by atoms with Gasteiger partial charge in [-0.15, -0.1) is 0 Å². The van der Waals surface area contributed by atoms with E-state index in [0.717, 1.165) is 28.0 Å². The Kier molecular flexibility index (Phi) is 4.44. The number of halogens is 1. The third-order valence-corrected chi connectivity index (χ3v) is 4.03. The molecule has 0 aliphatic carbocycles. The van der Waals surface area contributed by atoms with Crippen molar-refractivity contribution < 1.29 is 4.79 Å². The SMILES string of the molecule is CCc1nn(C)c(CNc2cccc(C(N)=O)c2)c1Br. The fraction of sp³-hybridized carbons (Fsp3) is 0.286. The minimum Gasteiger partial charge on any atom is -0.379 e. The van der Waals surface area contributed by atoms with Crippen molar-refractivity contribution in [3.05, 3.63) is 45.7 Å². The van der Waals surface area contributed by atoms with Crippen molar-refractivity contribution in [2.45, 2.75) is 19.9 Å². The molecule has 0 aliphatic heterocycles. The van der Waals surface area contributed by atoms with E-state index in [-0.39, 0.29) is 0 Å². The second-order valence-electron chi connectivity index (χ2n) is 4.48. The van der Waals surface area contributed by atoms with Crippen LogP contribution in [-0.4, -0.2) is 15.7 Å². The molecule has 1 heterocycles. The molecule has 0 atom stereocenters. The number of nitrogens with zero attached hydrogens (tertiary/aromatic N) is 2. The molecule has 0 radical (unpaired) electrons. The van der Waals surface area contributed by atoms with Crippen LogP contribution in [0.4, 0.5) is 5.69 Å². The zero-order valence-corrected chi connectivity index (χ0v) is 13.1. The Bertz CT molecular complexity index is 636. The van der Waals surface area contributed by atoms with E-state index in [1.807, 2.05) is 17.8 Å². The number of nitrogens with two attached hydrogens (primary N) is 1. The number of amides is 1. The third-order valence-electron chi connectivity index (χ3n) is 3.11. The summed E-state index contributed by atoms with van der Waals surface area (Å²) in [4.78, 5) is 11.2. The van der Waals surface area contributed by atoms with Crippen LogP contribution < -0.4 is 11.1 Å². The summed E-state index contributed by atoms with van der Waals surface area (Å²) in [5.74, 6) is -0.427. The van der Waals surface area contributed by atoms with Gasteiger partial charge in [0.05, 0.1) is 22.4 Å². The summed E-state index contributed by atoms with van der Waals surface area (Å²) in [6, 6.07) is 7.14. The van der Waals surface area contributed by atoms with E-state index < -0.39 is 5.91 Å². The van der Waals surface area contributed by atoms with Crippen LogP contribution in [0.15, 0.2) is 28.7 Å². The van der Waals surface area contributed by atoms with Crippen molar-refractivity contribution >= 4 is 27.5 Å². The van der Waals surface area contributed by atoms with Crippen molar-refractivity contribution in [1.82, 2.24) is 9.78 Å². The van der Waals surface area contributed by atoms with Gasteiger partial charge >= 0.3 is 0 Å². The lowest BCUT2D eigenvalue weighted by molar-refractivity contribution is 0.100. The number of rotatable bonds is 5. The molecule has 3 N–H and O–H groups in total. The largest absolute Gasteiger partial charge is 0.379 e. The molecule has 6 heteroatoms. The van der Waals surface area contributed by atoms with E-state index in [9.17, 15) is 4.79 Å². The molecule has 0 aliphatic rings. The average Bonchev–Trinajstić information content (AvgIpc) is 2.71. The summed E-state index contributed by atoms with van der Waals surface area (Å²) >= 11 is 3.58. The molecule has 0 saturated carbocycles. The zero-order valence-electron chi connectivity index (χ0n) is 11.5. The van der Waals surface area contributed by atoms with Gasteiger partial charge in [0.1, 0.15) is 0 Å². The number of benzene rings is 1. The number of primary amides is 1. The molecule has 0 unspecified atom stereocenters. The van der Waals surface area contributed by atoms with Crippen molar-refractivity contribution in [3.8, 4) is 0 Å². The van der Waals surface area contributed by atoms with Crippen LogP contribution in [0.5, 0.6) is 0 Å². The van der Waals surface area contributed by atoms with Gasteiger partial charge < -0.3 is 11.1 Å². The highest BCUT2D eigenvalue weighted by Crippen LogP contribution is 2.22. The topological polar surface area (TPSA) is 72.9 Å². The van der Waals surface area contributed by atoms with Crippen molar-refractivity contribution in [1.29, 1.82) is 0 Å². The van der Waals surface area contributed by atoms with Gasteiger partial charge in [-0.2, -0.15) is 5.10 Å². The van der Waals surface area contributed by atoms with Gasteiger partial charge in [-0.25, -0.2) is 0 Å². The molecular formula is C14H17BrN4O. The summed E-state index contributed by atoms with van der Waals surface area (Å²) in [5, 5.41) is 7.72. The smallest absolute Gasteiger partial charge is 0.248 e. The molecule has 5 nitrogen and oxygen atoms in total. The zero-order chi connectivity index (χ0) is 14.7. The molecular weight excluding hydrogens is 320 g/mol. The van der Waals surface area contributed by atoms with Gasteiger partial charge in [-0.05, 0) is 40.5 Å². The van der Waals surface area contributed by atoms with Crippen LogP contribution in [0.2, 0.25) is 0 Å². The van der Waals surface area contributed by atoms with E-state index in [1.165, 1.54) is 0 Å². The minimum atomic E-state index is -0.427. The highest BCUT2D eigenvalue weighted by Gasteiger charge is 2.12. The Hall–Kier alpha value is -1.82. The predicted molar refractivity (Wildman–Crippen MR) is 82.6 cm³/mol. The molecule has 0 bridgehead atoms. The number of aromatic nitrogens is 2. The van der Waals surface area contributed by atoms with E-state index in [0.29, 0.717) is 12.1 Å². The van der Waals surface area contributed by atoms with E-state index in [1.54, 1.807) is 18.2 Å². The van der Waals surface area contributed by atoms with Crippen LogP contribution >= 0.6 is 15.9 Å². The first-order chi connectivity index (χ1) is 9.52. The number of anilines is 1. The quantitative estimate of drug-likeness (QED) is 0.880. The monoisotopic (exact) mass is 336 g/mol. The van der Waals surface area contributed by atoms with Crippen LogP contribution in [0, 0.1) is 0 Å². The molecule has 1 aromatic heterocycles. The number of nitrogens with one attached hydrogen (secondary N) is 1. The van der Waals surface area contributed by atoms with Crippen LogP contribution in [0.25, 0.3) is 0 Å². The molecule has 2 aromatic rings. The van der Waals surface area contributed by atoms with E-state index >= 15 is 0 Å². The van der Waals surface area contributed by atoms with Gasteiger partial charge in [-0.3, -0.25) is 9.48 Å². The number of hydrogen-bond acceptors (Lipinski definition) is 3. The molecule has 20 heavy (non-hydrogen) atoms. The van der Waals surface area contributed by atoms with Gasteiger partial charge in [0.15, 0.2) is 0 Å². The summed E-state index contributed by atoms with van der Waals surface area (Å²) in [5.41, 5.74) is 8.72. The summed E-state index contributed by atoms with van der Waals surface area (Å²) in [6.07, 6.45) is 0.881. The lowest BCUT2D eigenvalue weighted by atomic mass is 10.2. The van der Waals surface area contributed by atoms with Gasteiger partial charge in [-0.1, -0.05) is 13.0 Å². The molecule has 0 spiro atoms. The number of aryl methyl sites for hydroxylation is 2. The first-order valence-electron chi connectivity index (χ1n) is 6.37. The number of carbonyl (C=O) groups is 1. The minimum absolute atomic E-state index is 0.427. The Labute approximate surface area is 126 Å². The lowest BCUT2D eigenvalue weighted by Crippen LogP contribution is -2.11. The number of carbonyl (C=O) groups excluding carboxylic acids is 1. The Balaban J connectivity index is 2.15. The lowest BCUT2D eigenvalue weighted by Gasteiger charge is -2.08. The Morgan fingerprint density at radius 2 is 2.25 bits per heavy atom. The van der Waals surface area contributed by atoms with E-state index in [4.69, 9.17) is 5.73 Å². The second-order valence-corrected chi connectivity index (χ2v) is 5.28. The number of hydrogen-bond donors (Lipinski definition) is 2. The second kappa shape index (κ2) is 6.09. The first-order valence-corrected chi connectivity index (χ1v) is 7.16. The highest BCUT2D eigenvalue weighted by molar-refractivity contribution is 9.10. The van der Waals surface area contributed by atoms with Crippen LogP contribution in [0.1, 0.15) is 28.7 Å². The normalized spacial score (nSPS) is 10.6. The van der Waals surface area contributed by atoms with Crippen LogP contribution in [0.3, 0.4) is 0 Å². The van der Waals surface area contributed by atoms with Crippen molar-refractivity contribution in [2.75, 3.05) is 5.32 Å². The van der Waals surface area contributed by atoms with Crippen molar-refractivity contribution in [3.63, 3.8) is 0 Å². The highest BCUT2D eigenvalue weighted by atomic mass is 79.9. The maximum Gasteiger partial charge on any atom is 0.248 e. The maximum absolute atomic E-state index is 11.2. The Morgan fingerprint density at radius 1 is 1.50 bits per heavy atom. The van der Waals surface area contributed by atoms with Gasteiger partial charge in [0, 0.05) is 18.3 Å². The van der Waals surface area contributed by atoms with Gasteiger partial charge in [0.25, 0.3) is 0 Å². The van der Waals surface area contributed by atoms with E-state index in [2.05, 4.69) is 33.3 Å². The summed E-state index contributed by atoms with van der Waals surface area (Å²) < 4.78 is 2.88. The molecule has 106 valence electrons. The average molecular weight is 337 g/mol. The van der Waals surface area contributed by atoms with Gasteiger partial charge in [0.2, 0.25) is 5.91 Å². The third kappa shape index (κ3) is 3.01. The molecule has 0 saturated heterocycles. The first kappa shape index (κ1) is 14.6. The molecule has 0 fully saturated rings. The maximum atomic E-state index is 11.2. The fourth-order valence-corrected chi connectivity index (χ4v) is 2.74. The fourth-order valence-electron chi connectivity index (χ4n) is 1.98. The summed E-state index contributed by atoms with van der Waals surface area (Å²) in [7, 11) is 1.92. The Morgan fingerprint density at radius 3 is 2.85 bits per heavy atom. The van der Waals surface area contributed by atoms with Crippen LogP contribution in [-0.2, 0) is 20.0 Å². The van der Waals surface area contributed by atoms with Crippen molar-refractivity contribution in [2.24, 2.45) is 12.8 Å². The molecule has 2 rings (SSSR count).